The first-order valence-electron chi connectivity index (χ1n) is 5.61. The minimum absolute atomic E-state index is 0.0722. The molecule has 1 amide bonds. The zero-order valence-electron chi connectivity index (χ0n) is 10.8. The Balaban J connectivity index is 2.54. The highest BCUT2D eigenvalue weighted by molar-refractivity contribution is 5.87. The van der Waals surface area contributed by atoms with Gasteiger partial charge in [0.1, 0.15) is 6.04 Å². The Morgan fingerprint density at radius 3 is 2.72 bits per heavy atom. The number of carbonyl (C=O) groups excluding carboxylic acids is 1. The van der Waals surface area contributed by atoms with Gasteiger partial charge in [-0.05, 0) is 21.0 Å². The monoisotopic (exact) mass is 254 g/mol. The summed E-state index contributed by atoms with van der Waals surface area (Å²) in [6.45, 7) is 2.96. The van der Waals surface area contributed by atoms with E-state index in [1.807, 2.05) is 19.0 Å². The molecule has 0 saturated heterocycles. The van der Waals surface area contributed by atoms with Crippen LogP contribution in [0.5, 0.6) is 0 Å². The Kier molecular flexibility index (Phi) is 4.85. The largest absolute Gasteiger partial charge is 0.478 e. The SMILES string of the molecule is CC(C(=O)NCCN(C)C)n1cc(C(=O)O)cn1. The second kappa shape index (κ2) is 6.15. The van der Waals surface area contributed by atoms with Crippen molar-refractivity contribution in [3.05, 3.63) is 18.0 Å². The summed E-state index contributed by atoms with van der Waals surface area (Å²) in [7, 11) is 3.84. The Labute approximate surface area is 105 Å². The Hall–Kier alpha value is -1.89. The molecule has 1 unspecified atom stereocenters. The number of likely N-dealkylation sites (N-methyl/N-ethyl adjacent to an activating group) is 1. The normalized spacial score (nSPS) is 12.4. The minimum atomic E-state index is -1.05. The lowest BCUT2D eigenvalue weighted by Crippen LogP contribution is -2.35. The van der Waals surface area contributed by atoms with Crippen LogP contribution in [-0.4, -0.2) is 58.8 Å². The number of rotatable bonds is 6. The van der Waals surface area contributed by atoms with E-state index in [1.54, 1.807) is 6.92 Å². The van der Waals surface area contributed by atoms with E-state index in [4.69, 9.17) is 5.11 Å². The number of hydrogen-bond donors (Lipinski definition) is 2. The molecule has 7 nitrogen and oxygen atoms in total. The lowest BCUT2D eigenvalue weighted by atomic mass is 10.3. The molecular weight excluding hydrogens is 236 g/mol. The summed E-state index contributed by atoms with van der Waals surface area (Å²) in [5.41, 5.74) is 0.0722. The average molecular weight is 254 g/mol. The average Bonchev–Trinajstić information content (AvgIpc) is 2.76. The van der Waals surface area contributed by atoms with Gasteiger partial charge in [-0.15, -0.1) is 0 Å². The number of carboxylic acid groups (broad SMARTS) is 1. The molecule has 0 saturated carbocycles. The topological polar surface area (TPSA) is 87.5 Å². The van der Waals surface area contributed by atoms with Crippen LogP contribution in [0, 0.1) is 0 Å². The second-order valence-corrected chi connectivity index (χ2v) is 4.28. The first-order valence-corrected chi connectivity index (χ1v) is 5.61. The van der Waals surface area contributed by atoms with E-state index in [9.17, 15) is 9.59 Å². The fourth-order valence-corrected chi connectivity index (χ4v) is 1.33. The molecule has 0 aromatic carbocycles. The molecule has 0 bridgehead atoms. The molecule has 0 fully saturated rings. The minimum Gasteiger partial charge on any atom is -0.478 e. The van der Waals surface area contributed by atoms with Crippen molar-refractivity contribution in [3.8, 4) is 0 Å². The molecule has 2 N–H and O–H groups in total. The lowest BCUT2D eigenvalue weighted by molar-refractivity contribution is -0.124. The fraction of sp³-hybridized carbons (Fsp3) is 0.545. The predicted molar refractivity (Wildman–Crippen MR) is 65.5 cm³/mol. The molecule has 0 aliphatic rings. The van der Waals surface area contributed by atoms with Crippen molar-refractivity contribution >= 4 is 11.9 Å². The number of nitrogens with zero attached hydrogens (tertiary/aromatic N) is 3. The molecule has 18 heavy (non-hydrogen) atoms. The van der Waals surface area contributed by atoms with Gasteiger partial charge in [-0.25, -0.2) is 4.79 Å². The number of aromatic nitrogens is 2. The maximum atomic E-state index is 11.8. The molecule has 1 aromatic rings. The first kappa shape index (κ1) is 14.2. The third-order valence-corrected chi connectivity index (χ3v) is 2.48. The standard InChI is InChI=1S/C11H18N4O3/c1-8(10(16)12-4-5-14(2)3)15-7-9(6-13-15)11(17)18/h6-8H,4-5H2,1-3H3,(H,12,16)(H,17,18). The van der Waals surface area contributed by atoms with Gasteiger partial charge >= 0.3 is 5.97 Å². The van der Waals surface area contributed by atoms with Crippen LogP contribution in [0.4, 0.5) is 0 Å². The van der Waals surface area contributed by atoms with Gasteiger partial charge in [-0.3, -0.25) is 9.48 Å². The van der Waals surface area contributed by atoms with Gasteiger partial charge in [0.2, 0.25) is 5.91 Å². The Bertz CT molecular complexity index is 428. The van der Waals surface area contributed by atoms with Gasteiger partial charge in [-0.2, -0.15) is 5.10 Å². The van der Waals surface area contributed by atoms with Crippen LogP contribution in [0.1, 0.15) is 23.3 Å². The summed E-state index contributed by atoms with van der Waals surface area (Å²) in [6.07, 6.45) is 2.57. The van der Waals surface area contributed by atoms with Crippen molar-refractivity contribution in [3.63, 3.8) is 0 Å². The van der Waals surface area contributed by atoms with E-state index in [2.05, 4.69) is 10.4 Å². The summed E-state index contributed by atoms with van der Waals surface area (Å²) in [6, 6.07) is -0.528. The van der Waals surface area contributed by atoms with Crippen LogP contribution in [0.25, 0.3) is 0 Å². The number of amides is 1. The van der Waals surface area contributed by atoms with Crippen molar-refractivity contribution in [2.75, 3.05) is 27.2 Å². The molecule has 1 rings (SSSR count). The molecule has 1 aromatic heterocycles. The molecule has 100 valence electrons. The van der Waals surface area contributed by atoms with E-state index in [0.29, 0.717) is 6.54 Å². The maximum absolute atomic E-state index is 11.8. The Morgan fingerprint density at radius 2 is 2.22 bits per heavy atom. The fourth-order valence-electron chi connectivity index (χ4n) is 1.33. The van der Waals surface area contributed by atoms with E-state index in [1.165, 1.54) is 17.1 Å². The van der Waals surface area contributed by atoms with Crippen LogP contribution < -0.4 is 5.32 Å². The quantitative estimate of drug-likeness (QED) is 0.735. The van der Waals surface area contributed by atoms with Gasteiger partial charge in [-0.1, -0.05) is 0 Å². The van der Waals surface area contributed by atoms with Gasteiger partial charge < -0.3 is 15.3 Å². The van der Waals surface area contributed by atoms with Crippen molar-refractivity contribution in [1.29, 1.82) is 0 Å². The number of carboxylic acids is 1. The molecule has 7 heteroatoms. The van der Waals surface area contributed by atoms with Crippen LogP contribution in [0.3, 0.4) is 0 Å². The molecule has 1 heterocycles. The van der Waals surface area contributed by atoms with Crippen molar-refractivity contribution < 1.29 is 14.7 Å². The van der Waals surface area contributed by atoms with Crippen molar-refractivity contribution in [2.24, 2.45) is 0 Å². The third kappa shape index (κ3) is 3.85. The molecule has 0 radical (unpaired) electrons. The highest BCUT2D eigenvalue weighted by atomic mass is 16.4. The van der Waals surface area contributed by atoms with Crippen LogP contribution in [-0.2, 0) is 4.79 Å². The summed E-state index contributed by atoms with van der Waals surface area (Å²) in [5, 5.41) is 15.4. The van der Waals surface area contributed by atoms with Gasteiger partial charge in [0.25, 0.3) is 0 Å². The molecule has 0 aliphatic heterocycles. The predicted octanol–water partition coefficient (Wildman–Crippen LogP) is -0.180. The summed E-state index contributed by atoms with van der Waals surface area (Å²) in [4.78, 5) is 24.4. The number of nitrogens with one attached hydrogen (secondary N) is 1. The van der Waals surface area contributed by atoms with Gasteiger partial charge in [0.05, 0.1) is 11.8 Å². The number of hydrogen-bond acceptors (Lipinski definition) is 4. The maximum Gasteiger partial charge on any atom is 0.338 e. The first-order chi connectivity index (χ1) is 8.41. The van der Waals surface area contributed by atoms with E-state index in [0.717, 1.165) is 6.54 Å². The highest BCUT2D eigenvalue weighted by Crippen LogP contribution is 2.06. The summed E-state index contributed by atoms with van der Waals surface area (Å²) in [5.74, 6) is -1.24. The summed E-state index contributed by atoms with van der Waals surface area (Å²) < 4.78 is 1.34. The molecular formula is C11H18N4O3. The Morgan fingerprint density at radius 1 is 1.56 bits per heavy atom. The van der Waals surface area contributed by atoms with Crippen molar-refractivity contribution in [1.82, 2.24) is 20.0 Å². The lowest BCUT2D eigenvalue weighted by Gasteiger charge is -2.14. The van der Waals surface area contributed by atoms with Crippen molar-refractivity contribution in [2.45, 2.75) is 13.0 Å². The van der Waals surface area contributed by atoms with Crippen LogP contribution in [0.2, 0.25) is 0 Å². The smallest absolute Gasteiger partial charge is 0.338 e. The molecule has 0 spiro atoms. The highest BCUT2D eigenvalue weighted by Gasteiger charge is 2.16. The van der Waals surface area contributed by atoms with Gasteiger partial charge in [0, 0.05) is 19.3 Å². The molecule has 1 atom stereocenters. The van der Waals surface area contributed by atoms with Crippen LogP contribution >= 0.6 is 0 Å². The molecule has 0 aliphatic carbocycles. The number of carbonyl (C=O) groups is 2. The second-order valence-electron chi connectivity index (χ2n) is 4.28. The van der Waals surface area contributed by atoms with E-state index < -0.39 is 12.0 Å². The third-order valence-electron chi connectivity index (χ3n) is 2.48. The van der Waals surface area contributed by atoms with Gasteiger partial charge in [0.15, 0.2) is 0 Å². The van der Waals surface area contributed by atoms with Crippen LogP contribution in [0.15, 0.2) is 12.4 Å². The van der Waals surface area contributed by atoms with E-state index in [-0.39, 0.29) is 11.5 Å². The zero-order valence-corrected chi connectivity index (χ0v) is 10.8. The van der Waals surface area contributed by atoms with E-state index >= 15 is 0 Å². The number of aromatic carboxylic acids is 1. The zero-order chi connectivity index (χ0) is 13.7. The summed E-state index contributed by atoms with van der Waals surface area (Å²) >= 11 is 0.